The number of halogens is 2. The van der Waals surface area contributed by atoms with Gasteiger partial charge in [0.05, 0.1) is 12.2 Å². The Hall–Kier alpha value is -3.01. The highest BCUT2D eigenvalue weighted by molar-refractivity contribution is 7.90. The van der Waals surface area contributed by atoms with Gasteiger partial charge in [-0.05, 0) is 43.2 Å². The third-order valence-corrected chi connectivity index (χ3v) is 6.73. The van der Waals surface area contributed by atoms with Crippen LogP contribution in [0, 0.1) is 11.6 Å². The van der Waals surface area contributed by atoms with Crippen molar-refractivity contribution in [1.29, 1.82) is 0 Å². The van der Waals surface area contributed by atoms with E-state index in [0.29, 0.717) is 31.0 Å². The van der Waals surface area contributed by atoms with Crippen molar-refractivity contribution in [2.75, 3.05) is 30.4 Å². The van der Waals surface area contributed by atoms with E-state index in [2.05, 4.69) is 10.1 Å². The molecule has 1 aliphatic rings. The molecule has 0 bridgehead atoms. The molecule has 0 aliphatic carbocycles. The Morgan fingerprint density at radius 3 is 2.63 bits per heavy atom. The maximum atomic E-state index is 14.4. The molecule has 1 aliphatic heterocycles. The molecule has 7 nitrogen and oxygen atoms in total. The highest BCUT2D eigenvalue weighted by atomic mass is 32.2. The molecule has 30 heavy (non-hydrogen) atoms. The van der Waals surface area contributed by atoms with Crippen molar-refractivity contribution < 1.29 is 17.2 Å². The normalized spacial score (nSPS) is 16.8. The zero-order valence-electron chi connectivity index (χ0n) is 16.5. The summed E-state index contributed by atoms with van der Waals surface area (Å²) in [6.07, 6.45) is 3.95. The Labute approximate surface area is 173 Å². The molecule has 4 rings (SSSR count). The molecule has 2 aromatic heterocycles. The van der Waals surface area contributed by atoms with Gasteiger partial charge < -0.3 is 9.80 Å². The van der Waals surface area contributed by atoms with Crippen LogP contribution in [0.25, 0.3) is 0 Å². The van der Waals surface area contributed by atoms with Crippen molar-refractivity contribution >= 4 is 21.7 Å². The summed E-state index contributed by atoms with van der Waals surface area (Å²) in [7, 11) is -0.402. The number of nitrogens with zero attached hydrogens (tertiary/aromatic N) is 5. The molecule has 0 saturated carbocycles. The van der Waals surface area contributed by atoms with Crippen LogP contribution >= 0.6 is 0 Å². The van der Waals surface area contributed by atoms with Gasteiger partial charge >= 0.3 is 0 Å². The highest BCUT2D eigenvalue weighted by Crippen LogP contribution is 2.38. The van der Waals surface area contributed by atoms with Crippen LogP contribution in [-0.4, -0.2) is 43.2 Å². The number of aromatic nitrogens is 3. The SMILES string of the molecule is CN(C)c1ccc(S(=O)(=O)n2nccc2N2CCC[C@@H]2c2cc(F)ccc2F)cn1. The summed E-state index contributed by atoms with van der Waals surface area (Å²) < 4.78 is 55.5. The van der Waals surface area contributed by atoms with Crippen LogP contribution < -0.4 is 9.80 Å². The quantitative estimate of drug-likeness (QED) is 0.616. The molecule has 0 N–H and O–H groups in total. The summed E-state index contributed by atoms with van der Waals surface area (Å²) >= 11 is 0. The summed E-state index contributed by atoms with van der Waals surface area (Å²) in [6, 6.07) is 7.48. The Morgan fingerprint density at radius 1 is 1.13 bits per heavy atom. The van der Waals surface area contributed by atoms with Gasteiger partial charge in [-0.3, -0.25) is 0 Å². The van der Waals surface area contributed by atoms with Gasteiger partial charge in [-0.15, -0.1) is 4.09 Å². The number of hydrogen-bond donors (Lipinski definition) is 0. The van der Waals surface area contributed by atoms with E-state index in [1.54, 1.807) is 36.0 Å². The summed E-state index contributed by atoms with van der Waals surface area (Å²) in [4.78, 5) is 7.67. The fourth-order valence-corrected chi connectivity index (χ4v) is 4.91. The van der Waals surface area contributed by atoms with Gasteiger partial charge in [0, 0.05) is 38.5 Å². The highest BCUT2D eigenvalue weighted by Gasteiger charge is 2.33. The van der Waals surface area contributed by atoms with Gasteiger partial charge in [0.25, 0.3) is 10.0 Å². The van der Waals surface area contributed by atoms with Gasteiger partial charge in [0.15, 0.2) is 0 Å². The van der Waals surface area contributed by atoms with E-state index in [0.717, 1.165) is 22.3 Å². The van der Waals surface area contributed by atoms with E-state index >= 15 is 0 Å². The average Bonchev–Trinajstić information content (AvgIpc) is 3.39. The fraction of sp³-hybridized carbons (Fsp3) is 0.300. The van der Waals surface area contributed by atoms with E-state index in [1.165, 1.54) is 18.5 Å². The zero-order valence-corrected chi connectivity index (χ0v) is 17.4. The number of pyridine rings is 1. The lowest BCUT2D eigenvalue weighted by Gasteiger charge is -2.27. The van der Waals surface area contributed by atoms with E-state index < -0.39 is 27.7 Å². The third kappa shape index (κ3) is 3.51. The monoisotopic (exact) mass is 433 g/mol. The minimum absolute atomic E-state index is 0.00858. The van der Waals surface area contributed by atoms with Crippen LogP contribution in [-0.2, 0) is 10.0 Å². The first-order valence-electron chi connectivity index (χ1n) is 9.43. The van der Waals surface area contributed by atoms with Crippen molar-refractivity contribution in [1.82, 2.24) is 14.2 Å². The van der Waals surface area contributed by atoms with Crippen molar-refractivity contribution in [3.8, 4) is 0 Å². The molecule has 1 atom stereocenters. The number of benzene rings is 1. The van der Waals surface area contributed by atoms with Gasteiger partial charge in [0.2, 0.25) is 0 Å². The molecular formula is C20H21F2N5O2S. The second kappa shape index (κ2) is 7.67. The number of rotatable bonds is 5. The zero-order chi connectivity index (χ0) is 21.5. The van der Waals surface area contributed by atoms with Crippen LogP contribution in [0.2, 0.25) is 0 Å². The van der Waals surface area contributed by atoms with E-state index in [4.69, 9.17) is 0 Å². The Morgan fingerprint density at radius 2 is 1.93 bits per heavy atom. The topological polar surface area (TPSA) is 71.3 Å². The van der Waals surface area contributed by atoms with Crippen LogP contribution in [0.4, 0.5) is 20.4 Å². The summed E-state index contributed by atoms with van der Waals surface area (Å²) in [6.45, 7) is 0.500. The predicted molar refractivity (Wildman–Crippen MR) is 109 cm³/mol. The van der Waals surface area contributed by atoms with E-state index in [9.17, 15) is 17.2 Å². The molecule has 1 fully saturated rings. The standard InChI is InChI=1S/C20H21F2N5O2S/c1-25(2)19-8-6-15(13-23-19)30(28,29)27-20(9-10-24-27)26-11-3-4-18(26)16-12-14(21)5-7-17(16)22/h5-10,12-13,18H,3-4,11H2,1-2H3/t18-/m1/s1. The summed E-state index contributed by atoms with van der Waals surface area (Å²) in [5.74, 6) is -0.134. The lowest BCUT2D eigenvalue weighted by atomic mass is 10.0. The van der Waals surface area contributed by atoms with Crippen LogP contribution in [0.15, 0.2) is 53.7 Å². The summed E-state index contributed by atoms with van der Waals surface area (Å²) in [5, 5.41) is 4.02. The van der Waals surface area contributed by atoms with Crippen LogP contribution in [0.5, 0.6) is 0 Å². The molecular weight excluding hydrogens is 412 g/mol. The first-order chi connectivity index (χ1) is 14.3. The molecule has 10 heteroatoms. The number of hydrogen-bond acceptors (Lipinski definition) is 6. The van der Waals surface area contributed by atoms with Gasteiger partial charge in [-0.1, -0.05) is 0 Å². The van der Waals surface area contributed by atoms with Gasteiger partial charge in [0.1, 0.15) is 28.2 Å². The first-order valence-corrected chi connectivity index (χ1v) is 10.9. The average molecular weight is 433 g/mol. The second-order valence-electron chi connectivity index (χ2n) is 7.30. The smallest absolute Gasteiger partial charge is 0.286 e. The first kappa shape index (κ1) is 20.3. The summed E-state index contributed by atoms with van der Waals surface area (Å²) in [5.41, 5.74) is 0.203. The third-order valence-electron chi connectivity index (χ3n) is 5.16. The van der Waals surface area contributed by atoms with E-state index in [1.807, 2.05) is 0 Å². The Bertz CT molecular complexity index is 1160. The lowest BCUT2D eigenvalue weighted by Crippen LogP contribution is -2.28. The van der Waals surface area contributed by atoms with Gasteiger partial charge in [-0.2, -0.15) is 13.5 Å². The van der Waals surface area contributed by atoms with Crippen LogP contribution in [0.3, 0.4) is 0 Å². The molecule has 158 valence electrons. The molecule has 1 aromatic carbocycles. The van der Waals surface area contributed by atoms with E-state index in [-0.39, 0.29) is 10.5 Å². The van der Waals surface area contributed by atoms with Crippen molar-refractivity contribution in [2.45, 2.75) is 23.8 Å². The molecule has 0 radical (unpaired) electrons. The molecule has 0 amide bonds. The minimum Gasteiger partial charge on any atom is -0.363 e. The lowest BCUT2D eigenvalue weighted by molar-refractivity contribution is 0.556. The molecule has 0 spiro atoms. The maximum Gasteiger partial charge on any atom is 0.286 e. The molecule has 3 heterocycles. The van der Waals surface area contributed by atoms with Crippen molar-refractivity contribution in [3.63, 3.8) is 0 Å². The molecule has 3 aromatic rings. The maximum absolute atomic E-state index is 14.4. The number of anilines is 2. The molecule has 0 unspecified atom stereocenters. The van der Waals surface area contributed by atoms with Gasteiger partial charge in [-0.25, -0.2) is 13.8 Å². The Kier molecular flexibility index (Phi) is 5.19. The molecule has 1 saturated heterocycles. The Balaban J connectivity index is 1.72. The largest absolute Gasteiger partial charge is 0.363 e. The minimum atomic E-state index is -4.02. The van der Waals surface area contributed by atoms with Crippen molar-refractivity contribution in [3.05, 3.63) is 66.0 Å². The van der Waals surface area contributed by atoms with Crippen molar-refractivity contribution in [2.24, 2.45) is 0 Å². The fourth-order valence-electron chi connectivity index (χ4n) is 3.70. The predicted octanol–water partition coefficient (Wildman–Crippen LogP) is 3.20. The van der Waals surface area contributed by atoms with Crippen LogP contribution in [0.1, 0.15) is 24.4 Å². The second-order valence-corrected chi connectivity index (χ2v) is 9.07.